The highest BCUT2D eigenvalue weighted by atomic mass is 16.2. The van der Waals surface area contributed by atoms with Crippen LogP contribution in [0.2, 0.25) is 0 Å². The molecule has 2 aromatic heterocycles. The molecule has 2 aromatic rings. The number of hydrogen-bond donors (Lipinski definition) is 1. The van der Waals surface area contributed by atoms with E-state index in [0.29, 0.717) is 11.3 Å². The molecule has 0 fully saturated rings. The van der Waals surface area contributed by atoms with Crippen LogP contribution in [-0.2, 0) is 0 Å². The van der Waals surface area contributed by atoms with E-state index in [-0.39, 0.29) is 11.3 Å². The predicted molar refractivity (Wildman–Crippen MR) is 46.1 cm³/mol. The Labute approximate surface area is 82.5 Å². The number of aromatic nitrogens is 5. The Hall–Kier alpha value is -2.44. The van der Waals surface area contributed by atoms with Crippen molar-refractivity contribution in [1.29, 1.82) is 0 Å². The Bertz CT molecular complexity index is 588. The molecule has 1 aliphatic carbocycles. The lowest BCUT2D eigenvalue weighted by Gasteiger charge is -2.09. The number of rotatable bonds is 0. The van der Waals surface area contributed by atoms with E-state index in [2.05, 4.69) is 25.6 Å². The van der Waals surface area contributed by atoms with E-state index in [1.54, 1.807) is 0 Å². The summed E-state index contributed by atoms with van der Waals surface area (Å²) >= 11 is 0. The molecule has 0 saturated carbocycles. The number of nitrogens with zero attached hydrogens (tertiary/aromatic N) is 4. The van der Waals surface area contributed by atoms with Gasteiger partial charge in [-0.2, -0.15) is 10.2 Å². The smallest absolute Gasteiger partial charge is 0.256 e. The van der Waals surface area contributed by atoms with Gasteiger partial charge < -0.3 is 0 Å². The minimum atomic E-state index is -0.667. The van der Waals surface area contributed by atoms with E-state index in [0.717, 1.165) is 0 Å². The quantitative estimate of drug-likeness (QED) is 0.584. The van der Waals surface area contributed by atoms with Crippen LogP contribution >= 0.6 is 0 Å². The van der Waals surface area contributed by atoms with Crippen molar-refractivity contribution < 1.29 is 9.59 Å². The summed E-state index contributed by atoms with van der Waals surface area (Å²) in [7, 11) is 0. The highest BCUT2D eigenvalue weighted by Gasteiger charge is 2.33. The fraction of sp³-hybridized carbons (Fsp3) is 0. The molecule has 15 heavy (non-hydrogen) atoms. The molecule has 2 heterocycles. The second kappa shape index (κ2) is 2.53. The molecule has 0 atom stereocenters. The maximum atomic E-state index is 11.6. The second-order valence-electron chi connectivity index (χ2n) is 3.01. The van der Waals surface area contributed by atoms with Crippen LogP contribution in [0.1, 0.15) is 20.8 Å². The third-order valence-electron chi connectivity index (χ3n) is 2.21. The van der Waals surface area contributed by atoms with E-state index in [1.807, 2.05) is 0 Å². The number of carbonyl (C=O) groups is 2. The summed E-state index contributed by atoms with van der Waals surface area (Å²) in [5, 5.41) is 16.8. The normalized spacial score (nSPS) is 13.6. The van der Waals surface area contributed by atoms with Gasteiger partial charge in [0.15, 0.2) is 5.69 Å². The lowest BCUT2D eigenvalue weighted by molar-refractivity contribution is 0.0812. The topological polar surface area (TPSA) is 101 Å². The molecule has 3 rings (SSSR count). The van der Waals surface area contributed by atoms with Gasteiger partial charge in [0.2, 0.25) is 5.78 Å². The number of fused-ring (bicyclic) bond motifs is 3. The fourth-order valence-corrected chi connectivity index (χ4v) is 1.51. The molecule has 7 heteroatoms. The molecule has 0 saturated heterocycles. The van der Waals surface area contributed by atoms with Gasteiger partial charge in [-0.25, -0.2) is 0 Å². The zero-order valence-corrected chi connectivity index (χ0v) is 7.26. The van der Waals surface area contributed by atoms with E-state index >= 15 is 0 Å². The average molecular weight is 201 g/mol. The lowest BCUT2D eigenvalue weighted by Crippen LogP contribution is -2.21. The van der Waals surface area contributed by atoms with Gasteiger partial charge in [0, 0.05) is 5.56 Å². The molecule has 1 aliphatic rings. The molecular weight excluding hydrogens is 198 g/mol. The van der Waals surface area contributed by atoms with Crippen LogP contribution in [0.4, 0.5) is 0 Å². The van der Waals surface area contributed by atoms with E-state index in [4.69, 9.17) is 0 Å². The molecule has 0 bridgehead atoms. The number of aromatic amines is 1. The van der Waals surface area contributed by atoms with Crippen molar-refractivity contribution in [3.63, 3.8) is 0 Å². The molecule has 0 unspecified atom stereocenters. The monoisotopic (exact) mass is 201 g/mol. The summed E-state index contributed by atoms with van der Waals surface area (Å²) in [4.78, 5) is 23.1. The van der Waals surface area contributed by atoms with Gasteiger partial charge in [-0.05, 0) is 0 Å². The fourth-order valence-electron chi connectivity index (χ4n) is 1.51. The van der Waals surface area contributed by atoms with Crippen LogP contribution in [0, 0.1) is 0 Å². The number of H-pyrrole nitrogens is 1. The van der Waals surface area contributed by atoms with Crippen molar-refractivity contribution in [3.8, 4) is 11.3 Å². The Kier molecular flexibility index (Phi) is 1.34. The molecule has 7 nitrogen and oxygen atoms in total. The van der Waals surface area contributed by atoms with Crippen molar-refractivity contribution in [2.75, 3.05) is 0 Å². The van der Waals surface area contributed by atoms with Gasteiger partial charge in [-0.3, -0.25) is 14.7 Å². The SMILES string of the molecule is O=C1C(=O)c2nn[nH]c2-c2cnncc21. The molecular formula is C8H3N5O2. The number of Topliss-reactive ketones (excluding diaryl/α,β-unsaturated/α-hetero) is 2. The molecule has 72 valence electrons. The summed E-state index contributed by atoms with van der Waals surface area (Å²) < 4.78 is 0. The molecule has 0 aromatic carbocycles. The first-order valence-corrected chi connectivity index (χ1v) is 4.10. The Morgan fingerprint density at radius 2 is 1.73 bits per heavy atom. The first-order valence-electron chi connectivity index (χ1n) is 4.10. The van der Waals surface area contributed by atoms with Crippen LogP contribution < -0.4 is 0 Å². The lowest BCUT2D eigenvalue weighted by atomic mass is 9.93. The maximum absolute atomic E-state index is 11.6. The highest BCUT2D eigenvalue weighted by molar-refractivity contribution is 6.52. The van der Waals surface area contributed by atoms with Gasteiger partial charge in [-0.1, -0.05) is 5.21 Å². The molecule has 0 aliphatic heterocycles. The summed E-state index contributed by atoms with van der Waals surface area (Å²) in [6, 6.07) is 0. The summed E-state index contributed by atoms with van der Waals surface area (Å²) in [6.07, 6.45) is 2.66. The number of hydrogen-bond acceptors (Lipinski definition) is 6. The van der Waals surface area contributed by atoms with Gasteiger partial charge >= 0.3 is 0 Å². The molecule has 0 spiro atoms. The van der Waals surface area contributed by atoms with Crippen molar-refractivity contribution in [1.82, 2.24) is 25.6 Å². The van der Waals surface area contributed by atoms with Gasteiger partial charge in [0.1, 0.15) is 0 Å². The highest BCUT2D eigenvalue weighted by Crippen LogP contribution is 2.28. The first kappa shape index (κ1) is 7.92. The van der Waals surface area contributed by atoms with Crippen LogP contribution in [0.5, 0.6) is 0 Å². The average Bonchev–Trinajstić information content (AvgIpc) is 2.75. The standard InChI is InChI=1S/C8H3N5O2/c14-7-4-2-10-9-1-3(4)5-6(8(7)15)12-13-11-5/h1-2H,(H,11,12,13). The predicted octanol–water partition coefficient (Wildman–Crippen LogP) is -0.359. The van der Waals surface area contributed by atoms with Gasteiger partial charge in [0.25, 0.3) is 5.78 Å². The van der Waals surface area contributed by atoms with E-state index < -0.39 is 11.6 Å². The molecule has 1 N–H and O–H groups in total. The minimum absolute atomic E-state index is 0.0421. The van der Waals surface area contributed by atoms with Crippen molar-refractivity contribution in [3.05, 3.63) is 23.7 Å². The summed E-state index contributed by atoms with van der Waals surface area (Å²) in [6.45, 7) is 0. The van der Waals surface area contributed by atoms with Crippen molar-refractivity contribution >= 4 is 11.6 Å². The van der Waals surface area contributed by atoms with Crippen molar-refractivity contribution in [2.24, 2.45) is 0 Å². The molecule has 0 amide bonds. The maximum Gasteiger partial charge on any atom is 0.256 e. The first-order chi connectivity index (χ1) is 7.29. The number of nitrogens with one attached hydrogen (secondary N) is 1. The van der Waals surface area contributed by atoms with Gasteiger partial charge in [-0.15, -0.1) is 5.10 Å². The van der Waals surface area contributed by atoms with Crippen LogP contribution in [0.25, 0.3) is 11.3 Å². The Balaban J connectivity index is 2.42. The number of carbonyl (C=O) groups excluding carboxylic acids is 2. The van der Waals surface area contributed by atoms with Crippen LogP contribution in [-0.4, -0.2) is 37.2 Å². The summed E-state index contributed by atoms with van der Waals surface area (Å²) in [5.74, 6) is -1.29. The Morgan fingerprint density at radius 3 is 2.53 bits per heavy atom. The third-order valence-corrected chi connectivity index (χ3v) is 2.21. The van der Waals surface area contributed by atoms with Gasteiger partial charge in [0.05, 0.1) is 23.7 Å². The third kappa shape index (κ3) is 0.885. The minimum Gasteiger partial charge on any atom is -0.285 e. The zero-order chi connectivity index (χ0) is 10.4. The van der Waals surface area contributed by atoms with E-state index in [9.17, 15) is 9.59 Å². The zero-order valence-electron chi connectivity index (χ0n) is 7.26. The van der Waals surface area contributed by atoms with Crippen LogP contribution in [0.15, 0.2) is 12.4 Å². The largest absolute Gasteiger partial charge is 0.285 e. The van der Waals surface area contributed by atoms with Crippen LogP contribution in [0.3, 0.4) is 0 Å². The molecule has 0 radical (unpaired) electrons. The van der Waals surface area contributed by atoms with Crippen molar-refractivity contribution in [2.45, 2.75) is 0 Å². The van der Waals surface area contributed by atoms with E-state index in [1.165, 1.54) is 12.4 Å². The summed E-state index contributed by atoms with van der Waals surface area (Å²) in [5.41, 5.74) is 1.20. The Morgan fingerprint density at radius 1 is 1.00 bits per heavy atom. The number of ketones is 2. The second-order valence-corrected chi connectivity index (χ2v) is 3.01.